The Balaban J connectivity index is 1.58. The van der Waals surface area contributed by atoms with Crippen molar-refractivity contribution in [2.45, 2.75) is 45.1 Å². The van der Waals surface area contributed by atoms with E-state index >= 15 is 0 Å². The van der Waals surface area contributed by atoms with E-state index in [4.69, 9.17) is 4.74 Å². The number of nitrogens with one attached hydrogen (secondary N) is 1. The Bertz CT molecular complexity index is 957. The van der Waals surface area contributed by atoms with Gasteiger partial charge in [-0.3, -0.25) is 19.3 Å². The topological polar surface area (TPSA) is 92.8 Å². The first-order chi connectivity index (χ1) is 14.9. The zero-order valence-electron chi connectivity index (χ0n) is 17.7. The molecule has 1 saturated heterocycles. The Morgan fingerprint density at radius 2 is 1.71 bits per heavy atom. The van der Waals surface area contributed by atoms with Crippen molar-refractivity contribution in [3.63, 3.8) is 0 Å². The van der Waals surface area contributed by atoms with Crippen LogP contribution in [0.15, 0.2) is 54.6 Å². The predicted molar refractivity (Wildman–Crippen MR) is 116 cm³/mol. The van der Waals surface area contributed by atoms with Crippen molar-refractivity contribution in [1.82, 2.24) is 5.32 Å². The lowest BCUT2D eigenvalue weighted by Crippen LogP contribution is -2.38. The highest BCUT2D eigenvalue weighted by atomic mass is 16.5. The van der Waals surface area contributed by atoms with Gasteiger partial charge < -0.3 is 10.1 Å². The summed E-state index contributed by atoms with van der Waals surface area (Å²) in [6.07, 6.45) is 0.192. The number of anilines is 1. The van der Waals surface area contributed by atoms with Crippen molar-refractivity contribution in [3.05, 3.63) is 65.7 Å². The average Bonchev–Trinajstić information content (AvgIpc) is 3.12. The highest BCUT2D eigenvalue weighted by Crippen LogP contribution is 2.24. The molecular weight excluding hydrogens is 396 g/mol. The van der Waals surface area contributed by atoms with Crippen molar-refractivity contribution in [1.29, 1.82) is 0 Å². The molecule has 162 valence electrons. The van der Waals surface area contributed by atoms with Gasteiger partial charge in [0.2, 0.25) is 11.8 Å². The molecule has 1 fully saturated rings. The van der Waals surface area contributed by atoms with Gasteiger partial charge >= 0.3 is 5.97 Å². The molecule has 1 heterocycles. The Kier molecular flexibility index (Phi) is 7.18. The maximum Gasteiger partial charge on any atom is 0.338 e. The molecule has 0 radical (unpaired) electrons. The van der Waals surface area contributed by atoms with Crippen molar-refractivity contribution in [2.75, 3.05) is 11.4 Å². The van der Waals surface area contributed by atoms with Gasteiger partial charge in [-0.15, -0.1) is 0 Å². The molecule has 7 heteroatoms. The van der Waals surface area contributed by atoms with Crippen molar-refractivity contribution in [2.24, 2.45) is 0 Å². The normalized spacial score (nSPS) is 15.5. The Hall–Kier alpha value is -3.48. The molecule has 7 nitrogen and oxygen atoms in total. The maximum atomic E-state index is 12.5. The smallest absolute Gasteiger partial charge is 0.338 e. The number of ether oxygens (including phenoxy) is 1. The third kappa shape index (κ3) is 5.36. The molecule has 0 saturated carbocycles. The summed E-state index contributed by atoms with van der Waals surface area (Å²) in [5.41, 5.74) is 1.63. The highest BCUT2D eigenvalue weighted by Gasteiger charge is 2.31. The van der Waals surface area contributed by atoms with E-state index in [9.17, 15) is 19.2 Å². The molecule has 2 aromatic carbocycles. The monoisotopic (exact) mass is 422 g/mol. The average molecular weight is 422 g/mol. The molecule has 1 aliphatic heterocycles. The zero-order valence-corrected chi connectivity index (χ0v) is 17.7. The van der Waals surface area contributed by atoms with Crippen LogP contribution in [0.5, 0.6) is 0 Å². The maximum absolute atomic E-state index is 12.5. The number of imide groups is 1. The summed E-state index contributed by atoms with van der Waals surface area (Å²) < 4.78 is 5.30. The van der Waals surface area contributed by atoms with Gasteiger partial charge in [0, 0.05) is 25.3 Å². The third-order valence-electron chi connectivity index (χ3n) is 5.33. The zero-order chi connectivity index (χ0) is 22.4. The number of carbonyl (C=O) groups is 4. The van der Waals surface area contributed by atoms with Crippen LogP contribution in [0.3, 0.4) is 0 Å². The number of esters is 1. The minimum Gasteiger partial charge on any atom is -0.449 e. The van der Waals surface area contributed by atoms with Crippen molar-refractivity contribution < 1.29 is 23.9 Å². The van der Waals surface area contributed by atoms with Gasteiger partial charge in [-0.05, 0) is 37.1 Å². The summed E-state index contributed by atoms with van der Waals surface area (Å²) in [6.45, 7) is 4.00. The molecule has 31 heavy (non-hydrogen) atoms. The van der Waals surface area contributed by atoms with E-state index in [2.05, 4.69) is 12.2 Å². The SMILES string of the molecule is CC[C@H](CNC(=O)[C@@H](C)OC(=O)c1cccc(N2C(=O)CCC2=O)c1)c1ccccc1. The van der Waals surface area contributed by atoms with E-state index < -0.39 is 12.1 Å². The molecular formula is C24H26N2O5. The minimum atomic E-state index is -0.987. The van der Waals surface area contributed by atoms with Crippen LogP contribution >= 0.6 is 0 Å². The summed E-state index contributed by atoms with van der Waals surface area (Å²) in [4.78, 5) is 49.9. The summed E-state index contributed by atoms with van der Waals surface area (Å²) in [6, 6.07) is 16.0. The van der Waals surface area contributed by atoms with Crippen molar-refractivity contribution >= 4 is 29.4 Å². The Morgan fingerprint density at radius 3 is 2.35 bits per heavy atom. The van der Waals surface area contributed by atoms with Gasteiger partial charge in [-0.25, -0.2) is 4.79 Å². The molecule has 0 aromatic heterocycles. The number of benzene rings is 2. The Labute approximate surface area is 181 Å². The second kappa shape index (κ2) is 10.0. The summed E-state index contributed by atoms with van der Waals surface area (Å²) in [5.74, 6) is -1.51. The molecule has 2 aromatic rings. The van der Waals surface area contributed by atoms with Crippen LogP contribution in [0.4, 0.5) is 5.69 Å². The quantitative estimate of drug-likeness (QED) is 0.521. The van der Waals surface area contributed by atoms with Gasteiger partial charge in [-0.1, -0.05) is 43.3 Å². The lowest BCUT2D eigenvalue weighted by atomic mass is 9.96. The lowest BCUT2D eigenvalue weighted by molar-refractivity contribution is -0.129. The largest absolute Gasteiger partial charge is 0.449 e. The summed E-state index contributed by atoms with van der Waals surface area (Å²) in [5, 5.41) is 2.84. The fourth-order valence-corrected chi connectivity index (χ4v) is 3.51. The van der Waals surface area contributed by atoms with Gasteiger partial charge in [-0.2, -0.15) is 0 Å². The van der Waals surface area contributed by atoms with Gasteiger partial charge in [0.05, 0.1) is 11.3 Å². The van der Waals surface area contributed by atoms with Crippen LogP contribution in [-0.4, -0.2) is 36.3 Å². The highest BCUT2D eigenvalue weighted by molar-refractivity contribution is 6.20. The van der Waals surface area contributed by atoms with E-state index in [1.165, 1.54) is 19.1 Å². The third-order valence-corrected chi connectivity index (χ3v) is 5.33. The molecule has 0 bridgehead atoms. The van der Waals surface area contributed by atoms with Gasteiger partial charge in [0.1, 0.15) is 0 Å². The van der Waals surface area contributed by atoms with E-state index in [0.29, 0.717) is 12.2 Å². The standard InChI is InChI=1S/C24H26N2O5/c1-3-17(18-8-5-4-6-9-18)15-25-23(29)16(2)31-24(30)19-10-7-11-20(14-19)26-21(27)12-13-22(26)28/h4-11,14,16-17H,3,12-13,15H2,1-2H3,(H,25,29)/t16-,17-/m1/s1. The number of nitrogens with zero attached hydrogens (tertiary/aromatic N) is 1. The lowest BCUT2D eigenvalue weighted by Gasteiger charge is -2.19. The van der Waals surface area contributed by atoms with Crippen LogP contribution in [-0.2, 0) is 19.1 Å². The van der Waals surface area contributed by atoms with Crippen LogP contribution < -0.4 is 10.2 Å². The number of hydrogen-bond acceptors (Lipinski definition) is 5. The van der Waals surface area contributed by atoms with Crippen LogP contribution in [0.1, 0.15) is 54.9 Å². The van der Waals surface area contributed by atoms with Gasteiger partial charge in [0.15, 0.2) is 6.10 Å². The van der Waals surface area contributed by atoms with Crippen LogP contribution in [0, 0.1) is 0 Å². The first-order valence-electron chi connectivity index (χ1n) is 10.4. The van der Waals surface area contributed by atoms with E-state index in [-0.39, 0.29) is 42.0 Å². The fourth-order valence-electron chi connectivity index (χ4n) is 3.51. The van der Waals surface area contributed by atoms with E-state index in [1.807, 2.05) is 30.3 Å². The van der Waals surface area contributed by atoms with Crippen LogP contribution in [0.2, 0.25) is 0 Å². The number of carbonyl (C=O) groups excluding carboxylic acids is 4. The fraction of sp³-hybridized carbons (Fsp3) is 0.333. The molecule has 1 aliphatic rings. The van der Waals surface area contributed by atoms with E-state index in [0.717, 1.165) is 16.9 Å². The molecule has 0 aliphatic carbocycles. The molecule has 3 amide bonds. The molecule has 0 spiro atoms. The van der Waals surface area contributed by atoms with Crippen molar-refractivity contribution in [3.8, 4) is 0 Å². The number of hydrogen-bond donors (Lipinski definition) is 1. The summed E-state index contributed by atoms with van der Waals surface area (Å²) >= 11 is 0. The first kappa shape index (κ1) is 22.2. The van der Waals surface area contributed by atoms with Gasteiger partial charge in [0.25, 0.3) is 5.91 Å². The second-order valence-electron chi connectivity index (χ2n) is 7.48. The Morgan fingerprint density at radius 1 is 1.03 bits per heavy atom. The predicted octanol–water partition coefficient (Wildman–Crippen LogP) is 3.20. The molecule has 2 atom stereocenters. The van der Waals surface area contributed by atoms with E-state index in [1.54, 1.807) is 12.1 Å². The number of amides is 3. The second-order valence-corrected chi connectivity index (χ2v) is 7.48. The molecule has 0 unspecified atom stereocenters. The molecule has 3 rings (SSSR count). The summed E-state index contributed by atoms with van der Waals surface area (Å²) in [7, 11) is 0. The van der Waals surface area contributed by atoms with Crippen LogP contribution in [0.25, 0.3) is 0 Å². The first-order valence-corrected chi connectivity index (χ1v) is 10.4. The minimum absolute atomic E-state index is 0.159. The number of rotatable bonds is 8. The molecule has 1 N–H and O–H groups in total.